The van der Waals surface area contributed by atoms with Gasteiger partial charge < -0.3 is 5.11 Å². The summed E-state index contributed by atoms with van der Waals surface area (Å²) in [6.45, 7) is -0.0317. The lowest BCUT2D eigenvalue weighted by Crippen LogP contribution is -1.86. The lowest BCUT2D eigenvalue weighted by molar-refractivity contribution is 0.277. The molecule has 0 spiro atoms. The molecule has 0 aliphatic heterocycles. The molecule has 0 unspecified atom stereocenters. The van der Waals surface area contributed by atoms with Gasteiger partial charge >= 0.3 is 0 Å². The van der Waals surface area contributed by atoms with Gasteiger partial charge in [0.1, 0.15) is 0 Å². The number of aliphatic hydroxyl groups is 1. The zero-order valence-corrected chi connectivity index (χ0v) is 9.18. The van der Waals surface area contributed by atoms with E-state index in [1.165, 1.54) is 0 Å². The third kappa shape index (κ3) is 1.41. The number of rotatable bonds is 2. The van der Waals surface area contributed by atoms with Crippen LogP contribution >= 0.6 is 11.3 Å². The highest BCUT2D eigenvalue weighted by molar-refractivity contribution is 7.15. The van der Waals surface area contributed by atoms with Crippen LogP contribution in [0.25, 0.3) is 16.3 Å². The van der Waals surface area contributed by atoms with E-state index in [-0.39, 0.29) is 6.61 Å². The molecule has 0 atom stereocenters. The summed E-state index contributed by atoms with van der Waals surface area (Å²) in [7, 11) is 0. The summed E-state index contributed by atoms with van der Waals surface area (Å²) < 4.78 is 1.96. The zero-order chi connectivity index (χ0) is 11.0. The molecule has 0 aliphatic rings. The van der Waals surface area contributed by atoms with E-state index in [2.05, 4.69) is 9.97 Å². The Morgan fingerprint density at radius 1 is 1.38 bits per heavy atom. The number of fused-ring (bicyclic) bond motifs is 1. The summed E-state index contributed by atoms with van der Waals surface area (Å²) in [5, 5.41) is 11.1. The van der Waals surface area contributed by atoms with Gasteiger partial charge in [0.25, 0.3) is 0 Å². The number of hydrogen-bond donors (Lipinski definition) is 1. The summed E-state index contributed by atoms with van der Waals surface area (Å²) in [5.41, 5.74) is 2.60. The van der Waals surface area contributed by atoms with Crippen LogP contribution in [0.1, 0.15) is 5.69 Å². The Morgan fingerprint density at radius 3 is 3.06 bits per heavy atom. The molecule has 0 amide bonds. The summed E-state index contributed by atoms with van der Waals surface area (Å²) in [6, 6.07) is 5.80. The maximum absolute atomic E-state index is 9.03. The fourth-order valence-electron chi connectivity index (χ4n) is 1.61. The first-order valence-electron chi connectivity index (χ1n) is 4.86. The van der Waals surface area contributed by atoms with Gasteiger partial charge in [-0.3, -0.25) is 9.38 Å². The monoisotopic (exact) mass is 231 g/mol. The second-order valence-corrected chi connectivity index (χ2v) is 4.22. The Hall–Kier alpha value is -1.72. The third-order valence-corrected chi connectivity index (χ3v) is 3.19. The molecule has 80 valence electrons. The van der Waals surface area contributed by atoms with Crippen molar-refractivity contribution in [1.82, 2.24) is 14.4 Å². The first-order valence-corrected chi connectivity index (χ1v) is 5.74. The van der Waals surface area contributed by atoms with E-state index < -0.39 is 0 Å². The van der Waals surface area contributed by atoms with Gasteiger partial charge in [-0.15, -0.1) is 11.3 Å². The molecule has 3 heterocycles. The number of aliphatic hydroxyl groups excluding tert-OH is 1. The summed E-state index contributed by atoms with van der Waals surface area (Å²) in [5.74, 6) is 0. The van der Waals surface area contributed by atoms with Crippen LogP contribution in [-0.4, -0.2) is 19.5 Å². The van der Waals surface area contributed by atoms with Crippen molar-refractivity contribution in [2.45, 2.75) is 6.61 Å². The smallest absolute Gasteiger partial charge is 0.194 e. The molecule has 3 aromatic heterocycles. The second-order valence-electron chi connectivity index (χ2n) is 3.38. The molecule has 0 saturated heterocycles. The van der Waals surface area contributed by atoms with E-state index in [4.69, 9.17) is 5.11 Å². The van der Waals surface area contributed by atoms with E-state index in [9.17, 15) is 0 Å². The minimum absolute atomic E-state index is 0.0317. The predicted molar refractivity (Wildman–Crippen MR) is 62.2 cm³/mol. The van der Waals surface area contributed by atoms with Crippen molar-refractivity contribution in [2.75, 3.05) is 0 Å². The molecule has 4 nitrogen and oxygen atoms in total. The van der Waals surface area contributed by atoms with Crippen LogP contribution in [0.2, 0.25) is 0 Å². The van der Waals surface area contributed by atoms with Gasteiger partial charge in [0.15, 0.2) is 4.96 Å². The van der Waals surface area contributed by atoms with Crippen LogP contribution in [0.4, 0.5) is 0 Å². The van der Waals surface area contributed by atoms with Crippen molar-refractivity contribution < 1.29 is 5.11 Å². The molecular weight excluding hydrogens is 222 g/mol. The first kappa shape index (κ1) is 9.50. The number of aromatic nitrogens is 3. The molecule has 0 fully saturated rings. The van der Waals surface area contributed by atoms with Crippen LogP contribution in [0.5, 0.6) is 0 Å². The highest BCUT2D eigenvalue weighted by Crippen LogP contribution is 2.24. The highest BCUT2D eigenvalue weighted by Gasteiger charge is 2.09. The number of hydrogen-bond acceptors (Lipinski definition) is 4. The summed E-state index contributed by atoms with van der Waals surface area (Å²) in [4.78, 5) is 9.46. The van der Waals surface area contributed by atoms with Crippen LogP contribution in [0, 0.1) is 0 Å². The highest BCUT2D eigenvalue weighted by atomic mass is 32.1. The maximum Gasteiger partial charge on any atom is 0.194 e. The fourth-order valence-corrected chi connectivity index (χ4v) is 2.49. The summed E-state index contributed by atoms with van der Waals surface area (Å²) in [6.07, 6.45) is 3.61. The number of pyridine rings is 1. The minimum atomic E-state index is -0.0317. The second kappa shape index (κ2) is 3.70. The average molecular weight is 231 g/mol. The Morgan fingerprint density at radius 2 is 2.31 bits per heavy atom. The Balaban J connectivity index is 2.20. The first-order chi connectivity index (χ1) is 7.88. The van der Waals surface area contributed by atoms with Gasteiger partial charge in [0.2, 0.25) is 0 Å². The van der Waals surface area contributed by atoms with Gasteiger partial charge in [-0.25, -0.2) is 4.98 Å². The molecule has 0 bridgehead atoms. The average Bonchev–Trinajstić information content (AvgIpc) is 2.88. The minimum Gasteiger partial charge on any atom is -0.390 e. The molecule has 3 aromatic rings. The van der Waals surface area contributed by atoms with Gasteiger partial charge in [0, 0.05) is 17.8 Å². The lowest BCUT2D eigenvalue weighted by atomic mass is 10.3. The van der Waals surface area contributed by atoms with E-state index in [1.807, 2.05) is 34.2 Å². The van der Waals surface area contributed by atoms with Crippen LogP contribution < -0.4 is 0 Å². The van der Waals surface area contributed by atoms with E-state index in [0.717, 1.165) is 16.3 Å². The Labute approximate surface area is 95.8 Å². The molecular formula is C11H9N3OS. The number of imidazole rings is 1. The topological polar surface area (TPSA) is 50.4 Å². The van der Waals surface area contributed by atoms with Crippen molar-refractivity contribution in [3.63, 3.8) is 0 Å². The molecule has 0 aliphatic carbocycles. The molecule has 16 heavy (non-hydrogen) atoms. The molecule has 0 radical (unpaired) electrons. The van der Waals surface area contributed by atoms with Crippen molar-refractivity contribution in [2.24, 2.45) is 0 Å². The van der Waals surface area contributed by atoms with Gasteiger partial charge in [0.05, 0.1) is 23.7 Å². The fraction of sp³-hybridized carbons (Fsp3) is 0.0909. The molecule has 5 heteroatoms. The van der Waals surface area contributed by atoms with Crippen molar-refractivity contribution in [3.05, 3.63) is 41.7 Å². The number of nitrogens with zero attached hydrogens (tertiary/aromatic N) is 3. The maximum atomic E-state index is 9.03. The standard InChI is InChI=1S/C11H9N3OS/c15-6-8-5-14-10(7-16-11(14)13-8)9-3-1-2-4-12-9/h1-5,7,15H,6H2. The quantitative estimate of drug-likeness (QED) is 0.733. The third-order valence-electron chi connectivity index (χ3n) is 2.35. The van der Waals surface area contributed by atoms with Crippen molar-refractivity contribution >= 4 is 16.3 Å². The van der Waals surface area contributed by atoms with E-state index in [0.29, 0.717) is 5.69 Å². The van der Waals surface area contributed by atoms with Crippen molar-refractivity contribution in [3.8, 4) is 11.4 Å². The SMILES string of the molecule is OCc1cn2c(-c3ccccn3)csc2n1. The molecule has 1 N–H and O–H groups in total. The summed E-state index contributed by atoms with van der Waals surface area (Å²) >= 11 is 1.55. The van der Waals surface area contributed by atoms with E-state index >= 15 is 0 Å². The Bertz CT molecular complexity index is 614. The van der Waals surface area contributed by atoms with Gasteiger partial charge in [-0.2, -0.15) is 0 Å². The van der Waals surface area contributed by atoms with Crippen LogP contribution in [-0.2, 0) is 6.61 Å². The van der Waals surface area contributed by atoms with Gasteiger partial charge in [-0.05, 0) is 12.1 Å². The van der Waals surface area contributed by atoms with E-state index in [1.54, 1.807) is 17.5 Å². The molecule has 0 aromatic carbocycles. The Kier molecular flexibility index (Phi) is 2.19. The lowest BCUT2D eigenvalue weighted by Gasteiger charge is -1.96. The normalized spacial score (nSPS) is 11.1. The molecule has 3 rings (SSSR count). The zero-order valence-electron chi connectivity index (χ0n) is 8.37. The molecule has 0 saturated carbocycles. The predicted octanol–water partition coefficient (Wildman–Crippen LogP) is 1.95. The van der Waals surface area contributed by atoms with Gasteiger partial charge in [-0.1, -0.05) is 6.07 Å². The number of thiazole rings is 1. The van der Waals surface area contributed by atoms with Crippen LogP contribution in [0.15, 0.2) is 36.0 Å². The van der Waals surface area contributed by atoms with Crippen LogP contribution in [0.3, 0.4) is 0 Å². The van der Waals surface area contributed by atoms with Crippen molar-refractivity contribution in [1.29, 1.82) is 0 Å². The largest absolute Gasteiger partial charge is 0.390 e.